The second-order valence-electron chi connectivity index (χ2n) is 6.86. The number of azide groups is 1. The van der Waals surface area contributed by atoms with E-state index >= 15 is 0 Å². The van der Waals surface area contributed by atoms with Gasteiger partial charge in [-0.2, -0.15) is 0 Å². The maximum Gasteiger partial charge on any atom is 0.412 e. The highest BCUT2D eigenvalue weighted by Gasteiger charge is 2.18. The molecule has 1 N–H and O–H groups in total. The molecular weight excluding hydrogens is 402 g/mol. The van der Waals surface area contributed by atoms with Crippen LogP contribution in [0, 0.1) is 5.92 Å². The van der Waals surface area contributed by atoms with E-state index in [1.807, 2.05) is 42.5 Å². The number of nitrogens with zero attached hydrogens (tertiary/aromatic N) is 4. The molecule has 0 bridgehead atoms. The van der Waals surface area contributed by atoms with Crippen molar-refractivity contribution in [3.05, 3.63) is 64.5 Å². The van der Waals surface area contributed by atoms with E-state index in [-0.39, 0.29) is 0 Å². The van der Waals surface area contributed by atoms with Crippen LogP contribution in [0.5, 0.6) is 0 Å². The van der Waals surface area contributed by atoms with Crippen LogP contribution < -0.4 is 5.32 Å². The normalized spacial score (nSPS) is 12.6. The van der Waals surface area contributed by atoms with Crippen molar-refractivity contribution in [2.45, 2.75) is 36.5 Å². The Morgan fingerprint density at radius 2 is 2.00 bits per heavy atom. The third kappa shape index (κ3) is 7.02. The number of hydrogen-bond acceptors (Lipinski definition) is 5. The standard InChI is InChI=1S/C16H14N2O3S.C5H11N3/c1-21-16(19)18-15-10-11-9-13(7-8-14(11)17-15)22(20)12-5-3-2-4-6-12;1-5(2)3-4-7-8-6/h2-9H,10H2,1H3,(H,17,18,19);5H,3-4H2,1-2H3. The fraction of sp³-hybridized carbons (Fsp3) is 0.333. The lowest BCUT2D eigenvalue weighted by atomic mass is 10.1. The maximum absolute atomic E-state index is 12.5. The minimum Gasteiger partial charge on any atom is -0.453 e. The second-order valence-corrected chi connectivity index (χ2v) is 8.34. The molecule has 0 saturated carbocycles. The number of nitrogens with one attached hydrogen (secondary N) is 1. The molecule has 9 heteroatoms. The Balaban J connectivity index is 0.000000343. The molecule has 30 heavy (non-hydrogen) atoms. The van der Waals surface area contributed by atoms with Crippen LogP contribution in [0.15, 0.2) is 68.4 Å². The van der Waals surface area contributed by atoms with Crippen LogP contribution in [0.25, 0.3) is 10.4 Å². The fourth-order valence-corrected chi connectivity index (χ4v) is 3.69. The number of alkyl carbamates (subject to hydrolysis) is 1. The predicted octanol–water partition coefficient (Wildman–Crippen LogP) is 5.14. The van der Waals surface area contributed by atoms with E-state index in [0.29, 0.717) is 24.7 Å². The molecule has 1 amide bonds. The highest BCUT2D eigenvalue weighted by molar-refractivity contribution is 7.85. The van der Waals surface area contributed by atoms with Crippen LogP contribution in [0.3, 0.4) is 0 Å². The van der Waals surface area contributed by atoms with Gasteiger partial charge >= 0.3 is 6.09 Å². The summed E-state index contributed by atoms with van der Waals surface area (Å²) in [6.07, 6.45) is 0.938. The van der Waals surface area contributed by atoms with Gasteiger partial charge in [0.2, 0.25) is 0 Å². The third-order valence-electron chi connectivity index (χ3n) is 4.14. The number of aliphatic imine (C=N–C) groups is 1. The van der Waals surface area contributed by atoms with Gasteiger partial charge in [0.15, 0.2) is 0 Å². The van der Waals surface area contributed by atoms with E-state index in [1.165, 1.54) is 7.11 Å². The number of hydrogen-bond donors (Lipinski definition) is 1. The van der Waals surface area contributed by atoms with Gasteiger partial charge in [-0.15, -0.1) is 0 Å². The Morgan fingerprint density at radius 1 is 1.27 bits per heavy atom. The van der Waals surface area contributed by atoms with Crippen LogP contribution in [-0.2, 0) is 22.0 Å². The molecular formula is C21H25N5O3S. The first-order valence-electron chi connectivity index (χ1n) is 9.47. The Kier molecular flexibility index (Phi) is 9.05. The van der Waals surface area contributed by atoms with E-state index in [4.69, 9.17) is 5.53 Å². The number of amides is 1. The number of ether oxygens (including phenoxy) is 1. The monoisotopic (exact) mass is 427 g/mol. The number of rotatable bonds is 5. The Hall–Kier alpha value is -3.16. The van der Waals surface area contributed by atoms with E-state index < -0.39 is 16.9 Å². The SMILES string of the molecule is CC(C)CCN=[N+]=[N-].COC(=O)NC1=Nc2ccc(S(=O)c3ccccc3)cc2C1. The quantitative estimate of drug-likeness (QED) is 0.404. The smallest absolute Gasteiger partial charge is 0.412 e. The van der Waals surface area contributed by atoms with Gasteiger partial charge in [0.1, 0.15) is 5.84 Å². The molecule has 0 radical (unpaired) electrons. The van der Waals surface area contributed by atoms with Gasteiger partial charge in [-0.3, -0.25) is 5.32 Å². The number of methoxy groups -OCH3 is 1. The molecule has 1 aliphatic heterocycles. The largest absolute Gasteiger partial charge is 0.453 e. The van der Waals surface area contributed by atoms with Crippen molar-refractivity contribution >= 4 is 28.4 Å². The minimum atomic E-state index is -1.23. The van der Waals surface area contributed by atoms with Crippen LogP contribution in [-0.4, -0.2) is 29.8 Å². The van der Waals surface area contributed by atoms with Crippen molar-refractivity contribution in [2.75, 3.05) is 13.7 Å². The first kappa shape index (κ1) is 23.1. The van der Waals surface area contributed by atoms with Crippen LogP contribution >= 0.6 is 0 Å². The summed E-state index contributed by atoms with van der Waals surface area (Å²) in [5.41, 5.74) is 9.55. The lowest BCUT2D eigenvalue weighted by Gasteiger charge is -2.04. The Morgan fingerprint density at radius 3 is 2.63 bits per heavy atom. The first-order valence-corrected chi connectivity index (χ1v) is 10.6. The van der Waals surface area contributed by atoms with E-state index in [1.54, 1.807) is 6.07 Å². The zero-order valence-electron chi connectivity index (χ0n) is 17.2. The zero-order valence-corrected chi connectivity index (χ0v) is 18.1. The van der Waals surface area contributed by atoms with Gasteiger partial charge in [-0.05, 0) is 53.8 Å². The Labute approximate surface area is 178 Å². The summed E-state index contributed by atoms with van der Waals surface area (Å²) >= 11 is 0. The fourth-order valence-electron chi connectivity index (χ4n) is 2.58. The average Bonchev–Trinajstić information content (AvgIpc) is 3.15. The predicted molar refractivity (Wildman–Crippen MR) is 117 cm³/mol. The van der Waals surface area contributed by atoms with E-state index in [9.17, 15) is 9.00 Å². The van der Waals surface area contributed by atoms with E-state index in [0.717, 1.165) is 27.5 Å². The second kappa shape index (κ2) is 11.7. The molecule has 0 aromatic heterocycles. The number of carbonyl (C=O) groups excluding carboxylic acids is 1. The molecule has 3 rings (SSSR count). The van der Waals surface area contributed by atoms with Crippen molar-refractivity contribution in [1.29, 1.82) is 0 Å². The number of amidine groups is 1. The summed E-state index contributed by atoms with van der Waals surface area (Å²) in [4.78, 5) is 19.6. The molecule has 2 aromatic rings. The minimum absolute atomic E-state index is 0.490. The molecule has 2 aromatic carbocycles. The lowest BCUT2D eigenvalue weighted by molar-refractivity contribution is 0.176. The number of benzene rings is 2. The highest BCUT2D eigenvalue weighted by atomic mass is 32.2. The van der Waals surface area contributed by atoms with E-state index in [2.05, 4.69) is 38.9 Å². The number of carbonyl (C=O) groups is 1. The van der Waals surface area contributed by atoms with Crippen molar-refractivity contribution in [1.82, 2.24) is 5.32 Å². The summed E-state index contributed by atoms with van der Waals surface area (Å²) < 4.78 is 17.1. The molecule has 0 aliphatic carbocycles. The Bertz CT molecular complexity index is 970. The summed E-state index contributed by atoms with van der Waals surface area (Å²) in [6, 6.07) is 14.8. The molecule has 0 saturated heterocycles. The lowest BCUT2D eigenvalue weighted by Crippen LogP contribution is -2.30. The van der Waals surface area contributed by atoms with Gasteiger partial charge in [-0.1, -0.05) is 37.2 Å². The van der Waals surface area contributed by atoms with Crippen molar-refractivity contribution in [3.63, 3.8) is 0 Å². The molecule has 1 unspecified atom stereocenters. The van der Waals surface area contributed by atoms with Crippen molar-refractivity contribution < 1.29 is 13.7 Å². The highest BCUT2D eigenvalue weighted by Crippen LogP contribution is 2.29. The summed E-state index contributed by atoms with van der Waals surface area (Å²) in [6.45, 7) is 4.84. The molecule has 1 atom stereocenters. The van der Waals surface area contributed by atoms with Gasteiger partial charge < -0.3 is 4.74 Å². The van der Waals surface area contributed by atoms with Gasteiger partial charge in [-0.25, -0.2) is 14.0 Å². The summed E-state index contributed by atoms with van der Waals surface area (Å²) in [7, 11) is 0.0789. The molecule has 8 nitrogen and oxygen atoms in total. The molecule has 1 heterocycles. The first-order chi connectivity index (χ1) is 14.4. The topological polar surface area (TPSA) is 117 Å². The maximum atomic E-state index is 12.5. The number of fused-ring (bicyclic) bond motifs is 1. The van der Waals surface area contributed by atoms with Crippen LogP contribution in [0.4, 0.5) is 10.5 Å². The van der Waals surface area contributed by atoms with Gasteiger partial charge in [0.05, 0.1) is 23.6 Å². The van der Waals surface area contributed by atoms with Crippen LogP contribution in [0.1, 0.15) is 25.8 Å². The summed E-state index contributed by atoms with van der Waals surface area (Å²) in [5.74, 6) is 1.17. The molecule has 1 aliphatic rings. The molecule has 0 fully saturated rings. The summed E-state index contributed by atoms with van der Waals surface area (Å²) in [5, 5.41) is 5.96. The van der Waals surface area contributed by atoms with Crippen LogP contribution in [0.2, 0.25) is 0 Å². The van der Waals surface area contributed by atoms with Gasteiger partial charge in [0.25, 0.3) is 0 Å². The molecule has 0 spiro atoms. The van der Waals surface area contributed by atoms with Crippen molar-refractivity contribution in [2.24, 2.45) is 16.0 Å². The molecule has 158 valence electrons. The third-order valence-corrected chi connectivity index (χ3v) is 5.52. The van der Waals surface area contributed by atoms with Gasteiger partial charge in [0, 0.05) is 27.7 Å². The zero-order chi connectivity index (χ0) is 21.9. The van der Waals surface area contributed by atoms with Crippen molar-refractivity contribution in [3.8, 4) is 0 Å². The average molecular weight is 428 g/mol.